The summed E-state index contributed by atoms with van der Waals surface area (Å²) in [5.41, 5.74) is 8.99. The van der Waals surface area contributed by atoms with Gasteiger partial charge in [0, 0.05) is 11.8 Å². The summed E-state index contributed by atoms with van der Waals surface area (Å²) in [6, 6.07) is 0.941. The molecule has 0 atom stereocenters. The van der Waals surface area contributed by atoms with E-state index in [4.69, 9.17) is 16.6 Å². The third-order valence-electron chi connectivity index (χ3n) is 1.56. The predicted molar refractivity (Wildman–Crippen MR) is 49.4 cm³/mol. The van der Waals surface area contributed by atoms with E-state index >= 15 is 0 Å². The maximum Gasteiger partial charge on any atom is 0.268 e. The van der Waals surface area contributed by atoms with Crippen LogP contribution in [-0.2, 0) is 10.0 Å². The standard InChI is InChI=1S/C6H8F2N4O2S/c7-5(8)4-2(9)1-3(10)12-6(4)15(11,13)14/h1,5H,(H4,9,10,12)(H2,11,13,14). The van der Waals surface area contributed by atoms with E-state index < -0.39 is 32.7 Å². The van der Waals surface area contributed by atoms with E-state index in [-0.39, 0.29) is 5.82 Å². The molecular weight excluding hydrogens is 230 g/mol. The van der Waals surface area contributed by atoms with Gasteiger partial charge in [0.2, 0.25) is 0 Å². The summed E-state index contributed by atoms with van der Waals surface area (Å²) in [7, 11) is -4.37. The van der Waals surface area contributed by atoms with Gasteiger partial charge in [-0.05, 0) is 0 Å². The molecule has 0 aromatic carbocycles. The number of nitrogen functional groups attached to an aromatic ring is 2. The first-order valence-corrected chi connectivity index (χ1v) is 5.15. The number of halogens is 2. The monoisotopic (exact) mass is 238 g/mol. The van der Waals surface area contributed by atoms with Gasteiger partial charge in [0.05, 0.1) is 5.56 Å². The summed E-state index contributed by atoms with van der Waals surface area (Å²) in [6.07, 6.45) is -3.09. The molecule has 0 aliphatic carbocycles. The lowest BCUT2D eigenvalue weighted by Gasteiger charge is -2.09. The highest BCUT2D eigenvalue weighted by Gasteiger charge is 2.25. The van der Waals surface area contributed by atoms with Crippen LogP contribution in [0.1, 0.15) is 12.0 Å². The van der Waals surface area contributed by atoms with Gasteiger partial charge in [-0.2, -0.15) is 0 Å². The van der Waals surface area contributed by atoms with Crippen LogP contribution in [0.25, 0.3) is 0 Å². The highest BCUT2D eigenvalue weighted by Crippen LogP contribution is 2.30. The third kappa shape index (κ3) is 2.30. The Kier molecular flexibility index (Phi) is 2.77. The molecule has 6 nitrogen and oxygen atoms in total. The van der Waals surface area contributed by atoms with Gasteiger partial charge in [-0.3, -0.25) is 0 Å². The first-order chi connectivity index (χ1) is 6.73. The Morgan fingerprint density at radius 1 is 1.33 bits per heavy atom. The number of alkyl halides is 2. The van der Waals surface area contributed by atoms with Crippen molar-refractivity contribution in [3.8, 4) is 0 Å². The Morgan fingerprint density at radius 3 is 2.27 bits per heavy atom. The zero-order chi connectivity index (χ0) is 11.8. The summed E-state index contributed by atoms with van der Waals surface area (Å²) in [6.45, 7) is 0. The van der Waals surface area contributed by atoms with Gasteiger partial charge >= 0.3 is 0 Å². The lowest BCUT2D eigenvalue weighted by molar-refractivity contribution is 0.148. The van der Waals surface area contributed by atoms with Gasteiger partial charge in [0.25, 0.3) is 16.4 Å². The van der Waals surface area contributed by atoms with Crippen LogP contribution in [0.3, 0.4) is 0 Å². The fourth-order valence-corrected chi connectivity index (χ4v) is 1.75. The summed E-state index contributed by atoms with van der Waals surface area (Å²) < 4.78 is 46.8. The lowest BCUT2D eigenvalue weighted by Crippen LogP contribution is -2.18. The molecule has 1 rings (SSSR count). The van der Waals surface area contributed by atoms with Crippen LogP contribution in [0.15, 0.2) is 11.1 Å². The van der Waals surface area contributed by atoms with E-state index in [1.807, 2.05) is 0 Å². The van der Waals surface area contributed by atoms with E-state index in [0.29, 0.717) is 0 Å². The molecule has 15 heavy (non-hydrogen) atoms. The van der Waals surface area contributed by atoms with Crippen LogP contribution < -0.4 is 16.6 Å². The summed E-state index contributed by atoms with van der Waals surface area (Å²) >= 11 is 0. The molecule has 0 amide bonds. The van der Waals surface area contributed by atoms with Crippen molar-refractivity contribution in [2.45, 2.75) is 11.5 Å². The molecule has 0 saturated carbocycles. The van der Waals surface area contributed by atoms with Crippen molar-refractivity contribution in [1.29, 1.82) is 0 Å². The molecule has 9 heteroatoms. The number of hydrogen-bond donors (Lipinski definition) is 3. The summed E-state index contributed by atoms with van der Waals surface area (Å²) in [5.74, 6) is -0.291. The van der Waals surface area contributed by atoms with Crippen LogP contribution >= 0.6 is 0 Å². The molecule has 1 aromatic heterocycles. The number of pyridine rings is 1. The van der Waals surface area contributed by atoms with Gasteiger partial charge in [-0.25, -0.2) is 27.3 Å². The van der Waals surface area contributed by atoms with E-state index in [0.717, 1.165) is 6.07 Å². The van der Waals surface area contributed by atoms with Crippen molar-refractivity contribution in [2.75, 3.05) is 11.5 Å². The molecule has 0 aliphatic rings. The molecule has 0 aliphatic heterocycles. The summed E-state index contributed by atoms with van der Waals surface area (Å²) in [5, 5.41) is 3.71. The minimum atomic E-state index is -4.37. The number of nitrogens with zero attached hydrogens (tertiary/aromatic N) is 1. The van der Waals surface area contributed by atoms with Gasteiger partial charge in [0.1, 0.15) is 5.82 Å². The highest BCUT2D eigenvalue weighted by atomic mass is 32.2. The van der Waals surface area contributed by atoms with E-state index in [1.54, 1.807) is 0 Å². The Hall–Kier alpha value is -1.48. The van der Waals surface area contributed by atoms with Crippen LogP contribution in [0.4, 0.5) is 20.3 Å². The number of nitrogens with two attached hydrogens (primary N) is 3. The van der Waals surface area contributed by atoms with Gasteiger partial charge < -0.3 is 11.5 Å². The van der Waals surface area contributed by atoms with Crippen molar-refractivity contribution < 1.29 is 17.2 Å². The lowest BCUT2D eigenvalue weighted by atomic mass is 10.2. The quantitative estimate of drug-likeness (QED) is 0.659. The normalized spacial score (nSPS) is 12.0. The predicted octanol–water partition coefficient (Wildman–Crippen LogP) is -0.169. The maximum absolute atomic E-state index is 12.5. The zero-order valence-electron chi connectivity index (χ0n) is 7.31. The maximum atomic E-state index is 12.5. The Labute approximate surface area is 84.1 Å². The second-order valence-corrected chi connectivity index (χ2v) is 4.18. The second-order valence-electron chi connectivity index (χ2n) is 2.70. The SMILES string of the molecule is Nc1cc(N)c(C(F)F)c(S(N)(=O)=O)n1. The van der Waals surface area contributed by atoms with Gasteiger partial charge in [-0.15, -0.1) is 0 Å². The first-order valence-electron chi connectivity index (χ1n) is 3.60. The number of primary sulfonamides is 1. The van der Waals surface area contributed by atoms with Crippen LogP contribution in [-0.4, -0.2) is 13.4 Å². The minimum Gasteiger partial charge on any atom is -0.398 e. The molecule has 84 valence electrons. The number of sulfonamides is 1. The van der Waals surface area contributed by atoms with E-state index in [2.05, 4.69) is 4.98 Å². The molecule has 0 fully saturated rings. The number of rotatable bonds is 2. The van der Waals surface area contributed by atoms with E-state index in [9.17, 15) is 17.2 Å². The van der Waals surface area contributed by atoms with Crippen LogP contribution in [0, 0.1) is 0 Å². The first kappa shape index (κ1) is 11.6. The molecular formula is C6H8F2N4O2S. The fraction of sp³-hybridized carbons (Fsp3) is 0.167. The molecule has 0 unspecified atom stereocenters. The average Bonchev–Trinajstić information content (AvgIpc) is 1.99. The Morgan fingerprint density at radius 2 is 1.87 bits per heavy atom. The molecule has 0 bridgehead atoms. The van der Waals surface area contributed by atoms with Crippen molar-refractivity contribution in [3.05, 3.63) is 11.6 Å². The van der Waals surface area contributed by atoms with E-state index in [1.165, 1.54) is 0 Å². The molecule has 6 N–H and O–H groups in total. The fourth-order valence-electron chi connectivity index (χ4n) is 1.01. The summed E-state index contributed by atoms with van der Waals surface area (Å²) in [4.78, 5) is 3.23. The number of aromatic nitrogens is 1. The second kappa shape index (κ2) is 3.59. The van der Waals surface area contributed by atoms with Gasteiger partial charge in [-0.1, -0.05) is 0 Å². The van der Waals surface area contributed by atoms with Crippen molar-refractivity contribution in [1.82, 2.24) is 4.98 Å². The molecule has 0 saturated heterocycles. The Balaban J connectivity index is 3.62. The van der Waals surface area contributed by atoms with Crippen molar-refractivity contribution in [3.63, 3.8) is 0 Å². The largest absolute Gasteiger partial charge is 0.398 e. The van der Waals surface area contributed by atoms with Crippen molar-refractivity contribution >= 4 is 21.5 Å². The third-order valence-corrected chi connectivity index (χ3v) is 2.41. The minimum absolute atomic E-state index is 0.291. The molecule has 1 aromatic rings. The smallest absolute Gasteiger partial charge is 0.268 e. The highest BCUT2D eigenvalue weighted by molar-refractivity contribution is 7.89. The Bertz CT molecular complexity index is 488. The topological polar surface area (TPSA) is 125 Å². The van der Waals surface area contributed by atoms with Crippen LogP contribution in [0.2, 0.25) is 0 Å². The molecule has 0 radical (unpaired) electrons. The van der Waals surface area contributed by atoms with Crippen LogP contribution in [0.5, 0.6) is 0 Å². The van der Waals surface area contributed by atoms with Crippen molar-refractivity contribution in [2.24, 2.45) is 5.14 Å². The molecule has 0 spiro atoms. The van der Waals surface area contributed by atoms with Gasteiger partial charge in [0.15, 0.2) is 5.03 Å². The number of hydrogen-bond acceptors (Lipinski definition) is 5. The zero-order valence-corrected chi connectivity index (χ0v) is 8.13. The average molecular weight is 238 g/mol. The molecule has 1 heterocycles. The number of anilines is 2.